The summed E-state index contributed by atoms with van der Waals surface area (Å²) in [5.41, 5.74) is 6.54. The zero-order chi connectivity index (χ0) is 14.3. The van der Waals surface area contributed by atoms with Crippen molar-refractivity contribution in [2.24, 2.45) is 11.7 Å². The van der Waals surface area contributed by atoms with Crippen molar-refractivity contribution >= 4 is 0 Å². The van der Waals surface area contributed by atoms with Gasteiger partial charge in [-0.3, -0.25) is 4.90 Å². The van der Waals surface area contributed by atoms with E-state index < -0.39 is 0 Å². The number of hydrogen-bond donors (Lipinski definition) is 1. The summed E-state index contributed by atoms with van der Waals surface area (Å²) in [6, 6.07) is 0.619. The van der Waals surface area contributed by atoms with Gasteiger partial charge in [-0.2, -0.15) is 0 Å². The first-order valence-electron chi connectivity index (χ1n) is 8.52. The monoisotopic (exact) mass is 268 g/mol. The summed E-state index contributed by atoms with van der Waals surface area (Å²) in [7, 11) is 0. The van der Waals surface area contributed by atoms with E-state index in [1.54, 1.807) is 0 Å². The minimum absolute atomic E-state index is 0.284. The summed E-state index contributed by atoms with van der Waals surface area (Å²) in [5.74, 6) is 0.887. The van der Waals surface area contributed by atoms with Gasteiger partial charge in [0.05, 0.1) is 0 Å². The van der Waals surface area contributed by atoms with Crippen LogP contribution in [0.3, 0.4) is 0 Å². The van der Waals surface area contributed by atoms with Gasteiger partial charge in [0.2, 0.25) is 0 Å². The second kappa shape index (κ2) is 8.26. The highest BCUT2D eigenvalue weighted by Crippen LogP contribution is 2.35. The van der Waals surface area contributed by atoms with Crippen molar-refractivity contribution in [2.75, 3.05) is 13.1 Å². The molecular formula is C17H36N2. The van der Waals surface area contributed by atoms with Crippen LogP contribution in [-0.4, -0.2) is 29.6 Å². The lowest BCUT2D eigenvalue weighted by Gasteiger charge is -2.46. The topological polar surface area (TPSA) is 29.3 Å². The highest BCUT2D eigenvalue weighted by Gasteiger charge is 2.37. The average Bonchev–Trinajstić information content (AvgIpc) is 2.57. The lowest BCUT2D eigenvalue weighted by atomic mass is 9.86. The Kier molecular flexibility index (Phi) is 7.38. The van der Waals surface area contributed by atoms with E-state index in [1.165, 1.54) is 57.9 Å². The number of rotatable bonds is 7. The average molecular weight is 268 g/mol. The highest BCUT2D eigenvalue weighted by atomic mass is 15.2. The summed E-state index contributed by atoms with van der Waals surface area (Å²) in [4.78, 5) is 2.74. The standard InChI is InChI=1S/C17H36N2/c1-5-6-7-13-19(15(2)3)17(14-18)11-8-9-16(4)10-12-17/h15-16H,5-14,18H2,1-4H3. The van der Waals surface area contributed by atoms with Gasteiger partial charge in [0.15, 0.2) is 0 Å². The van der Waals surface area contributed by atoms with Gasteiger partial charge in [-0.15, -0.1) is 0 Å². The number of hydrogen-bond acceptors (Lipinski definition) is 2. The minimum atomic E-state index is 0.284. The van der Waals surface area contributed by atoms with Crippen LogP contribution in [0.1, 0.15) is 79.1 Å². The van der Waals surface area contributed by atoms with E-state index in [-0.39, 0.29) is 5.54 Å². The molecule has 0 bridgehead atoms. The van der Waals surface area contributed by atoms with Crippen LogP contribution in [-0.2, 0) is 0 Å². The third-order valence-corrected chi connectivity index (χ3v) is 5.06. The normalized spacial score (nSPS) is 28.9. The summed E-state index contributed by atoms with van der Waals surface area (Å²) >= 11 is 0. The van der Waals surface area contributed by atoms with Gasteiger partial charge in [-0.25, -0.2) is 0 Å². The molecule has 0 aromatic rings. The molecule has 0 spiro atoms. The maximum absolute atomic E-state index is 6.25. The van der Waals surface area contributed by atoms with Gasteiger partial charge >= 0.3 is 0 Å². The van der Waals surface area contributed by atoms with E-state index in [4.69, 9.17) is 5.73 Å². The summed E-state index contributed by atoms with van der Waals surface area (Å²) in [5, 5.41) is 0. The lowest BCUT2D eigenvalue weighted by Crippen LogP contribution is -2.56. The van der Waals surface area contributed by atoms with Crippen LogP contribution in [0.5, 0.6) is 0 Å². The van der Waals surface area contributed by atoms with Crippen molar-refractivity contribution in [1.82, 2.24) is 4.90 Å². The molecule has 0 aromatic carbocycles. The summed E-state index contributed by atoms with van der Waals surface area (Å²) in [6.07, 6.45) is 10.7. The Labute approximate surface area is 121 Å². The molecule has 0 saturated heterocycles. The van der Waals surface area contributed by atoms with Crippen LogP contribution < -0.4 is 5.73 Å². The minimum Gasteiger partial charge on any atom is -0.329 e. The quantitative estimate of drug-likeness (QED) is 0.554. The lowest BCUT2D eigenvalue weighted by molar-refractivity contribution is 0.0453. The molecular weight excluding hydrogens is 232 g/mol. The first kappa shape index (κ1) is 17.0. The van der Waals surface area contributed by atoms with Gasteiger partial charge in [0, 0.05) is 18.1 Å². The third kappa shape index (κ3) is 4.75. The molecule has 0 aromatic heterocycles. The molecule has 0 heterocycles. The Bertz CT molecular complexity index is 239. The number of nitrogens with zero attached hydrogens (tertiary/aromatic N) is 1. The van der Waals surface area contributed by atoms with Gasteiger partial charge in [0.1, 0.15) is 0 Å². The van der Waals surface area contributed by atoms with E-state index in [2.05, 4.69) is 32.6 Å². The molecule has 1 fully saturated rings. The molecule has 2 N–H and O–H groups in total. The molecule has 2 heteroatoms. The molecule has 2 atom stereocenters. The number of nitrogens with two attached hydrogens (primary N) is 1. The predicted octanol–water partition coefficient (Wildman–Crippen LogP) is 4.18. The van der Waals surface area contributed by atoms with Crippen molar-refractivity contribution in [1.29, 1.82) is 0 Å². The SMILES string of the molecule is CCCCCN(C(C)C)C1(CN)CCCC(C)CC1. The van der Waals surface area contributed by atoms with E-state index in [1.807, 2.05) is 0 Å². The van der Waals surface area contributed by atoms with Gasteiger partial charge < -0.3 is 5.73 Å². The Balaban J connectivity index is 2.75. The van der Waals surface area contributed by atoms with Crippen LogP contribution in [0.4, 0.5) is 0 Å². The second-order valence-corrected chi connectivity index (χ2v) is 6.96. The fourth-order valence-electron chi connectivity index (χ4n) is 3.75. The molecule has 0 radical (unpaired) electrons. The van der Waals surface area contributed by atoms with E-state index in [0.29, 0.717) is 6.04 Å². The summed E-state index contributed by atoms with van der Waals surface area (Å²) < 4.78 is 0. The van der Waals surface area contributed by atoms with Crippen molar-refractivity contribution in [3.63, 3.8) is 0 Å². The Morgan fingerprint density at radius 1 is 1.21 bits per heavy atom. The molecule has 114 valence electrons. The molecule has 2 nitrogen and oxygen atoms in total. The molecule has 19 heavy (non-hydrogen) atoms. The third-order valence-electron chi connectivity index (χ3n) is 5.06. The van der Waals surface area contributed by atoms with Crippen LogP contribution in [0, 0.1) is 5.92 Å². The van der Waals surface area contributed by atoms with E-state index >= 15 is 0 Å². The van der Waals surface area contributed by atoms with Gasteiger partial charge in [-0.1, -0.05) is 39.5 Å². The number of unbranched alkanes of at least 4 members (excludes halogenated alkanes) is 2. The second-order valence-electron chi connectivity index (χ2n) is 6.96. The first-order valence-corrected chi connectivity index (χ1v) is 8.52. The Morgan fingerprint density at radius 3 is 2.53 bits per heavy atom. The Morgan fingerprint density at radius 2 is 1.95 bits per heavy atom. The summed E-state index contributed by atoms with van der Waals surface area (Å²) in [6.45, 7) is 11.5. The molecule has 0 aliphatic heterocycles. The highest BCUT2D eigenvalue weighted by molar-refractivity contribution is 4.95. The fraction of sp³-hybridized carbons (Fsp3) is 1.00. The molecule has 1 saturated carbocycles. The zero-order valence-electron chi connectivity index (χ0n) is 13.8. The predicted molar refractivity (Wildman–Crippen MR) is 85.4 cm³/mol. The maximum Gasteiger partial charge on any atom is 0.0334 e. The van der Waals surface area contributed by atoms with Crippen LogP contribution in [0.2, 0.25) is 0 Å². The van der Waals surface area contributed by atoms with Crippen LogP contribution >= 0.6 is 0 Å². The largest absolute Gasteiger partial charge is 0.329 e. The van der Waals surface area contributed by atoms with E-state index in [0.717, 1.165) is 12.5 Å². The Hall–Kier alpha value is -0.0800. The van der Waals surface area contributed by atoms with Crippen LogP contribution in [0.25, 0.3) is 0 Å². The maximum atomic E-state index is 6.25. The van der Waals surface area contributed by atoms with E-state index in [9.17, 15) is 0 Å². The molecule has 2 unspecified atom stereocenters. The smallest absolute Gasteiger partial charge is 0.0334 e. The van der Waals surface area contributed by atoms with Crippen molar-refractivity contribution < 1.29 is 0 Å². The zero-order valence-corrected chi connectivity index (χ0v) is 13.8. The van der Waals surface area contributed by atoms with Gasteiger partial charge in [0.25, 0.3) is 0 Å². The molecule has 1 aliphatic rings. The van der Waals surface area contributed by atoms with Crippen LogP contribution in [0.15, 0.2) is 0 Å². The molecule has 1 rings (SSSR count). The van der Waals surface area contributed by atoms with Crippen molar-refractivity contribution in [2.45, 2.75) is 90.6 Å². The molecule has 0 amide bonds. The van der Waals surface area contributed by atoms with Crippen molar-refractivity contribution in [3.05, 3.63) is 0 Å². The first-order chi connectivity index (χ1) is 9.05. The van der Waals surface area contributed by atoms with Gasteiger partial charge in [-0.05, 0) is 52.0 Å². The van der Waals surface area contributed by atoms with Crippen molar-refractivity contribution in [3.8, 4) is 0 Å². The fourth-order valence-corrected chi connectivity index (χ4v) is 3.75. The molecule has 1 aliphatic carbocycles.